The molecule has 0 unspecified atom stereocenters. The SMILES string of the molecule is C[C@H](NC(=O)[C@H](CS)Cc1ccccc1)C(=O)O. The van der Waals surface area contributed by atoms with E-state index in [0.29, 0.717) is 12.2 Å². The molecule has 1 aromatic carbocycles. The van der Waals surface area contributed by atoms with Crippen LogP contribution in [0.4, 0.5) is 0 Å². The van der Waals surface area contributed by atoms with Gasteiger partial charge in [-0.05, 0) is 18.9 Å². The summed E-state index contributed by atoms with van der Waals surface area (Å²) < 4.78 is 0. The van der Waals surface area contributed by atoms with Gasteiger partial charge in [0.05, 0.1) is 5.92 Å². The normalized spacial score (nSPS) is 13.7. The molecule has 1 rings (SSSR count). The van der Waals surface area contributed by atoms with Gasteiger partial charge in [0.2, 0.25) is 5.91 Å². The first-order chi connectivity index (χ1) is 8.54. The Morgan fingerprint density at radius 1 is 1.33 bits per heavy atom. The molecule has 0 saturated heterocycles. The maximum absolute atomic E-state index is 11.9. The molecule has 0 spiro atoms. The van der Waals surface area contributed by atoms with Gasteiger partial charge >= 0.3 is 5.97 Å². The van der Waals surface area contributed by atoms with Gasteiger partial charge in [0.1, 0.15) is 6.04 Å². The number of thiol groups is 1. The average molecular weight is 267 g/mol. The fourth-order valence-electron chi connectivity index (χ4n) is 1.53. The van der Waals surface area contributed by atoms with Gasteiger partial charge in [0.15, 0.2) is 0 Å². The number of carbonyl (C=O) groups excluding carboxylic acids is 1. The van der Waals surface area contributed by atoms with Gasteiger partial charge in [-0.1, -0.05) is 30.3 Å². The maximum Gasteiger partial charge on any atom is 0.325 e. The van der Waals surface area contributed by atoms with Gasteiger partial charge in [-0.15, -0.1) is 0 Å². The zero-order chi connectivity index (χ0) is 13.5. The molecule has 4 nitrogen and oxygen atoms in total. The second-order valence-corrected chi connectivity index (χ2v) is 4.50. The zero-order valence-electron chi connectivity index (χ0n) is 10.2. The molecular formula is C13H17NO3S. The summed E-state index contributed by atoms with van der Waals surface area (Å²) in [5, 5.41) is 11.2. The van der Waals surface area contributed by atoms with E-state index in [1.54, 1.807) is 0 Å². The molecule has 1 aromatic rings. The standard InChI is InChI=1S/C13H17NO3S/c1-9(13(16)17)14-12(15)11(8-18)7-10-5-3-2-4-6-10/h2-6,9,11,18H,7-8H2,1H3,(H,14,15)(H,16,17)/t9-,11-/m0/s1. The highest BCUT2D eigenvalue weighted by atomic mass is 32.1. The first-order valence-electron chi connectivity index (χ1n) is 5.72. The van der Waals surface area contributed by atoms with E-state index in [-0.39, 0.29) is 11.8 Å². The van der Waals surface area contributed by atoms with Crippen LogP contribution in [0.15, 0.2) is 30.3 Å². The second-order valence-electron chi connectivity index (χ2n) is 4.14. The molecule has 1 amide bonds. The molecule has 0 fully saturated rings. The van der Waals surface area contributed by atoms with Crippen molar-refractivity contribution in [3.63, 3.8) is 0 Å². The molecule has 18 heavy (non-hydrogen) atoms. The molecule has 0 radical (unpaired) electrons. The van der Waals surface area contributed by atoms with E-state index in [4.69, 9.17) is 5.11 Å². The van der Waals surface area contributed by atoms with Crippen LogP contribution in [0.25, 0.3) is 0 Å². The summed E-state index contributed by atoms with van der Waals surface area (Å²) in [5.41, 5.74) is 1.04. The first-order valence-corrected chi connectivity index (χ1v) is 6.35. The number of hydrogen-bond donors (Lipinski definition) is 3. The zero-order valence-corrected chi connectivity index (χ0v) is 11.1. The molecule has 0 bridgehead atoms. The quantitative estimate of drug-likeness (QED) is 0.682. The van der Waals surface area contributed by atoms with Gasteiger partial charge in [-0.2, -0.15) is 12.6 Å². The molecule has 0 aliphatic heterocycles. The Hall–Kier alpha value is -1.49. The van der Waals surface area contributed by atoms with Crippen molar-refractivity contribution in [1.29, 1.82) is 0 Å². The number of carbonyl (C=O) groups is 2. The van der Waals surface area contributed by atoms with Crippen molar-refractivity contribution in [3.8, 4) is 0 Å². The summed E-state index contributed by atoms with van der Waals surface area (Å²) >= 11 is 4.15. The first kappa shape index (κ1) is 14.6. The smallest absolute Gasteiger partial charge is 0.325 e. The predicted molar refractivity (Wildman–Crippen MR) is 72.7 cm³/mol. The molecule has 2 N–H and O–H groups in total. The van der Waals surface area contributed by atoms with Crippen molar-refractivity contribution in [2.75, 3.05) is 5.75 Å². The summed E-state index contributed by atoms with van der Waals surface area (Å²) in [4.78, 5) is 22.5. The van der Waals surface area contributed by atoms with E-state index in [9.17, 15) is 9.59 Å². The van der Waals surface area contributed by atoms with Crippen molar-refractivity contribution in [3.05, 3.63) is 35.9 Å². The lowest BCUT2D eigenvalue weighted by Crippen LogP contribution is -2.42. The van der Waals surface area contributed by atoms with Crippen LogP contribution < -0.4 is 5.32 Å². The molecular weight excluding hydrogens is 250 g/mol. The van der Waals surface area contributed by atoms with Gasteiger partial charge in [0.25, 0.3) is 0 Å². The fourth-order valence-corrected chi connectivity index (χ4v) is 1.83. The number of benzene rings is 1. The second kappa shape index (κ2) is 7.06. The molecule has 98 valence electrons. The highest BCUT2D eigenvalue weighted by molar-refractivity contribution is 7.80. The van der Waals surface area contributed by atoms with Crippen LogP contribution in [0.3, 0.4) is 0 Å². The molecule has 0 aliphatic rings. The van der Waals surface area contributed by atoms with Gasteiger partial charge in [-0.3, -0.25) is 9.59 Å². The molecule has 5 heteroatoms. The Morgan fingerprint density at radius 2 is 1.94 bits per heavy atom. The monoisotopic (exact) mass is 267 g/mol. The average Bonchev–Trinajstić information content (AvgIpc) is 2.36. The number of rotatable bonds is 6. The number of amides is 1. The van der Waals surface area contributed by atoms with E-state index in [2.05, 4.69) is 17.9 Å². The molecule has 2 atom stereocenters. The van der Waals surface area contributed by atoms with Gasteiger partial charge < -0.3 is 10.4 Å². The third kappa shape index (κ3) is 4.41. The lowest BCUT2D eigenvalue weighted by atomic mass is 10.00. The number of carboxylic acids is 1. The van der Waals surface area contributed by atoms with Crippen LogP contribution >= 0.6 is 12.6 Å². The predicted octanol–water partition coefficient (Wildman–Crippen LogP) is 1.36. The molecule has 0 aliphatic carbocycles. The molecule has 0 heterocycles. The van der Waals surface area contributed by atoms with Crippen molar-refractivity contribution in [2.24, 2.45) is 5.92 Å². The van der Waals surface area contributed by atoms with Crippen LogP contribution in [0, 0.1) is 5.92 Å². The number of nitrogens with one attached hydrogen (secondary N) is 1. The third-order valence-electron chi connectivity index (χ3n) is 2.65. The lowest BCUT2D eigenvalue weighted by molar-refractivity contribution is -0.141. The molecule has 0 aromatic heterocycles. The van der Waals surface area contributed by atoms with E-state index in [0.717, 1.165) is 5.56 Å². The van der Waals surface area contributed by atoms with Crippen molar-refractivity contribution in [2.45, 2.75) is 19.4 Å². The Kier molecular flexibility index (Phi) is 5.71. The van der Waals surface area contributed by atoms with Crippen LogP contribution in [-0.4, -0.2) is 28.8 Å². The topological polar surface area (TPSA) is 66.4 Å². The number of carboxylic acid groups (broad SMARTS) is 1. The minimum atomic E-state index is -1.04. The number of aliphatic carboxylic acids is 1. The van der Waals surface area contributed by atoms with E-state index in [1.165, 1.54) is 6.92 Å². The van der Waals surface area contributed by atoms with Crippen molar-refractivity contribution in [1.82, 2.24) is 5.32 Å². The maximum atomic E-state index is 11.9. The largest absolute Gasteiger partial charge is 0.480 e. The van der Waals surface area contributed by atoms with Gasteiger partial charge in [-0.25, -0.2) is 0 Å². The highest BCUT2D eigenvalue weighted by Gasteiger charge is 2.21. The Labute approximate surface area is 112 Å². The summed E-state index contributed by atoms with van der Waals surface area (Å²) in [7, 11) is 0. The van der Waals surface area contributed by atoms with Crippen LogP contribution in [0.1, 0.15) is 12.5 Å². The highest BCUT2D eigenvalue weighted by Crippen LogP contribution is 2.10. The minimum Gasteiger partial charge on any atom is -0.480 e. The summed E-state index contributed by atoms with van der Waals surface area (Å²) in [6, 6.07) is 8.71. The van der Waals surface area contributed by atoms with Crippen molar-refractivity contribution < 1.29 is 14.7 Å². The van der Waals surface area contributed by atoms with E-state index in [1.807, 2.05) is 30.3 Å². The Bertz CT molecular complexity index is 408. The Balaban J connectivity index is 2.61. The van der Waals surface area contributed by atoms with Crippen LogP contribution in [0.5, 0.6) is 0 Å². The summed E-state index contributed by atoms with van der Waals surface area (Å²) in [6.07, 6.45) is 0.558. The van der Waals surface area contributed by atoms with Crippen LogP contribution in [-0.2, 0) is 16.0 Å². The summed E-state index contributed by atoms with van der Waals surface area (Å²) in [5.74, 6) is -1.25. The van der Waals surface area contributed by atoms with Crippen molar-refractivity contribution >= 4 is 24.5 Å². The van der Waals surface area contributed by atoms with Gasteiger partial charge in [0, 0.05) is 5.75 Å². The third-order valence-corrected chi connectivity index (χ3v) is 3.09. The van der Waals surface area contributed by atoms with Crippen LogP contribution in [0.2, 0.25) is 0 Å². The van der Waals surface area contributed by atoms with E-state index >= 15 is 0 Å². The molecule has 0 saturated carbocycles. The summed E-state index contributed by atoms with van der Waals surface area (Å²) in [6.45, 7) is 1.44. The number of hydrogen-bond acceptors (Lipinski definition) is 3. The van der Waals surface area contributed by atoms with E-state index < -0.39 is 12.0 Å². The minimum absolute atomic E-state index is 0.274. The lowest BCUT2D eigenvalue weighted by Gasteiger charge is -2.16. The fraction of sp³-hybridized carbons (Fsp3) is 0.385. The Morgan fingerprint density at radius 3 is 2.44 bits per heavy atom.